The van der Waals surface area contributed by atoms with Gasteiger partial charge in [0.1, 0.15) is 17.2 Å². The predicted molar refractivity (Wildman–Crippen MR) is 94.6 cm³/mol. The SMILES string of the molecule is CCCn1c(C)cc(/C=C(\C#N)C(=O)OCC(=O)OC(C)(C)C)c1C. The van der Waals surface area contributed by atoms with Gasteiger partial charge in [0, 0.05) is 17.9 Å². The number of aryl methyl sites for hydroxylation is 1. The largest absolute Gasteiger partial charge is 0.457 e. The van der Waals surface area contributed by atoms with Gasteiger partial charge in [0.05, 0.1) is 0 Å². The Morgan fingerprint density at radius 2 is 1.96 bits per heavy atom. The molecule has 0 atom stereocenters. The smallest absolute Gasteiger partial charge is 0.349 e. The summed E-state index contributed by atoms with van der Waals surface area (Å²) in [6.45, 7) is 11.5. The van der Waals surface area contributed by atoms with Crippen molar-refractivity contribution in [1.82, 2.24) is 4.57 Å². The number of hydrogen-bond donors (Lipinski definition) is 0. The first-order chi connectivity index (χ1) is 11.6. The Balaban J connectivity index is 2.87. The lowest BCUT2D eigenvalue weighted by atomic mass is 10.1. The van der Waals surface area contributed by atoms with Crippen LogP contribution in [0.5, 0.6) is 0 Å². The van der Waals surface area contributed by atoms with Gasteiger partial charge in [-0.3, -0.25) is 0 Å². The topological polar surface area (TPSA) is 81.3 Å². The molecular formula is C19H26N2O4. The summed E-state index contributed by atoms with van der Waals surface area (Å²) in [4.78, 5) is 23.7. The van der Waals surface area contributed by atoms with Crippen LogP contribution in [-0.2, 0) is 25.6 Å². The molecule has 6 nitrogen and oxygen atoms in total. The van der Waals surface area contributed by atoms with Gasteiger partial charge in [-0.2, -0.15) is 5.26 Å². The van der Waals surface area contributed by atoms with Crippen LogP contribution in [0.1, 0.15) is 51.1 Å². The standard InChI is InChI=1S/C19H26N2O4/c1-7-8-21-13(2)9-15(14(21)3)10-16(11-20)18(23)24-12-17(22)25-19(4,5)6/h9-10H,7-8,12H2,1-6H3/b16-10+. The van der Waals surface area contributed by atoms with Gasteiger partial charge in [0.25, 0.3) is 0 Å². The van der Waals surface area contributed by atoms with Gasteiger partial charge in [-0.1, -0.05) is 6.92 Å². The number of carbonyl (C=O) groups is 2. The van der Waals surface area contributed by atoms with Gasteiger partial charge >= 0.3 is 11.9 Å². The lowest BCUT2D eigenvalue weighted by molar-refractivity contribution is -0.164. The molecule has 0 saturated carbocycles. The minimum absolute atomic E-state index is 0.152. The number of aromatic nitrogens is 1. The maximum absolute atomic E-state index is 12.0. The highest BCUT2D eigenvalue weighted by Gasteiger charge is 2.19. The lowest BCUT2D eigenvalue weighted by Crippen LogP contribution is -2.27. The Bertz CT molecular complexity index is 715. The van der Waals surface area contributed by atoms with Gasteiger partial charge in [-0.25, -0.2) is 9.59 Å². The minimum Gasteiger partial charge on any atom is -0.457 e. The fourth-order valence-electron chi connectivity index (χ4n) is 2.41. The monoisotopic (exact) mass is 346 g/mol. The first-order valence-electron chi connectivity index (χ1n) is 8.26. The van der Waals surface area contributed by atoms with Crippen molar-refractivity contribution in [3.63, 3.8) is 0 Å². The second kappa shape index (κ2) is 8.52. The van der Waals surface area contributed by atoms with Crippen LogP contribution in [0.15, 0.2) is 11.6 Å². The number of hydrogen-bond acceptors (Lipinski definition) is 5. The molecular weight excluding hydrogens is 320 g/mol. The van der Waals surface area contributed by atoms with Crippen LogP contribution in [0.3, 0.4) is 0 Å². The van der Waals surface area contributed by atoms with Crippen molar-refractivity contribution in [2.75, 3.05) is 6.61 Å². The molecule has 0 spiro atoms. The molecule has 25 heavy (non-hydrogen) atoms. The van der Waals surface area contributed by atoms with E-state index < -0.39 is 24.1 Å². The molecule has 0 N–H and O–H groups in total. The van der Waals surface area contributed by atoms with Gasteiger partial charge in [0.2, 0.25) is 0 Å². The Morgan fingerprint density at radius 1 is 1.32 bits per heavy atom. The molecule has 6 heteroatoms. The normalized spacial score (nSPS) is 11.8. The van der Waals surface area contributed by atoms with Gasteiger partial charge in [-0.05, 0) is 58.7 Å². The van der Waals surface area contributed by atoms with Gasteiger partial charge < -0.3 is 14.0 Å². The highest BCUT2D eigenvalue weighted by atomic mass is 16.6. The van der Waals surface area contributed by atoms with Gasteiger partial charge in [-0.15, -0.1) is 0 Å². The zero-order valence-electron chi connectivity index (χ0n) is 15.8. The van der Waals surface area contributed by atoms with E-state index in [1.54, 1.807) is 20.8 Å². The summed E-state index contributed by atoms with van der Waals surface area (Å²) >= 11 is 0. The Labute approximate surface area is 149 Å². The van der Waals surface area contributed by atoms with E-state index in [0.29, 0.717) is 0 Å². The number of esters is 2. The van der Waals surface area contributed by atoms with Crippen LogP contribution in [0.4, 0.5) is 0 Å². The molecule has 0 radical (unpaired) electrons. The van der Waals surface area contributed by atoms with Crippen molar-refractivity contribution in [1.29, 1.82) is 5.26 Å². The first kappa shape index (κ1) is 20.5. The summed E-state index contributed by atoms with van der Waals surface area (Å²) in [6.07, 6.45) is 2.48. The molecule has 1 rings (SSSR count). The molecule has 0 amide bonds. The molecule has 1 heterocycles. The van der Waals surface area contributed by atoms with Crippen molar-refractivity contribution in [2.45, 2.75) is 60.1 Å². The predicted octanol–water partition coefficient (Wildman–Crippen LogP) is 3.31. The summed E-state index contributed by atoms with van der Waals surface area (Å²) in [5, 5.41) is 9.24. The van der Waals surface area contributed by atoms with Crippen molar-refractivity contribution in [2.24, 2.45) is 0 Å². The van der Waals surface area contributed by atoms with Crippen molar-refractivity contribution < 1.29 is 19.1 Å². The maximum Gasteiger partial charge on any atom is 0.349 e. The van der Waals surface area contributed by atoms with Crippen molar-refractivity contribution in [3.8, 4) is 6.07 Å². The number of nitrogens with zero attached hydrogens (tertiary/aromatic N) is 2. The lowest BCUT2D eigenvalue weighted by Gasteiger charge is -2.19. The summed E-state index contributed by atoms with van der Waals surface area (Å²) in [5.74, 6) is -1.49. The molecule has 0 fully saturated rings. The molecule has 0 unspecified atom stereocenters. The second-order valence-corrected chi connectivity index (χ2v) is 6.81. The number of rotatable bonds is 6. The summed E-state index contributed by atoms with van der Waals surface area (Å²) in [7, 11) is 0. The number of nitriles is 1. The Kier molecular flexibility index (Phi) is 6.98. The van der Waals surface area contributed by atoms with E-state index in [9.17, 15) is 14.9 Å². The molecule has 0 aliphatic heterocycles. The molecule has 0 bridgehead atoms. The van der Waals surface area contributed by atoms with E-state index in [4.69, 9.17) is 9.47 Å². The Morgan fingerprint density at radius 3 is 2.48 bits per heavy atom. The molecule has 0 aliphatic rings. The third-order valence-corrected chi connectivity index (χ3v) is 3.44. The Hall–Kier alpha value is -2.55. The number of carbonyl (C=O) groups excluding carboxylic acids is 2. The van der Waals surface area contributed by atoms with E-state index in [0.717, 1.165) is 29.9 Å². The third-order valence-electron chi connectivity index (χ3n) is 3.44. The van der Waals surface area contributed by atoms with Crippen LogP contribution in [-0.4, -0.2) is 28.7 Å². The van der Waals surface area contributed by atoms with E-state index in [-0.39, 0.29) is 5.57 Å². The summed E-state index contributed by atoms with van der Waals surface area (Å²) in [6, 6.07) is 3.76. The van der Waals surface area contributed by atoms with Crippen molar-refractivity contribution >= 4 is 18.0 Å². The van der Waals surface area contributed by atoms with E-state index >= 15 is 0 Å². The molecule has 0 aromatic carbocycles. The maximum atomic E-state index is 12.0. The fourth-order valence-corrected chi connectivity index (χ4v) is 2.41. The molecule has 0 saturated heterocycles. The van der Waals surface area contributed by atoms with Crippen molar-refractivity contribution in [3.05, 3.63) is 28.6 Å². The average molecular weight is 346 g/mol. The zero-order chi connectivity index (χ0) is 19.2. The second-order valence-electron chi connectivity index (χ2n) is 6.81. The zero-order valence-corrected chi connectivity index (χ0v) is 15.8. The summed E-state index contributed by atoms with van der Waals surface area (Å²) < 4.78 is 12.1. The molecule has 1 aromatic rings. The number of ether oxygens (including phenoxy) is 2. The fraction of sp³-hybridized carbons (Fsp3) is 0.526. The summed E-state index contributed by atoms with van der Waals surface area (Å²) in [5.41, 5.74) is 2.02. The van der Waals surface area contributed by atoms with Crippen LogP contribution in [0.2, 0.25) is 0 Å². The minimum atomic E-state index is -0.839. The molecule has 0 aliphatic carbocycles. The third kappa shape index (κ3) is 6.11. The van der Waals surface area contributed by atoms with Crippen LogP contribution >= 0.6 is 0 Å². The van der Waals surface area contributed by atoms with Gasteiger partial charge in [0.15, 0.2) is 6.61 Å². The highest BCUT2D eigenvalue weighted by molar-refractivity contribution is 5.98. The van der Waals surface area contributed by atoms with Crippen LogP contribution < -0.4 is 0 Å². The van der Waals surface area contributed by atoms with E-state index in [2.05, 4.69) is 11.5 Å². The first-order valence-corrected chi connectivity index (χ1v) is 8.26. The van der Waals surface area contributed by atoms with Crippen LogP contribution in [0.25, 0.3) is 6.08 Å². The molecule has 136 valence electrons. The average Bonchev–Trinajstić information content (AvgIpc) is 2.76. The highest BCUT2D eigenvalue weighted by Crippen LogP contribution is 2.19. The van der Waals surface area contributed by atoms with E-state index in [1.165, 1.54) is 6.08 Å². The van der Waals surface area contributed by atoms with Crippen LogP contribution in [0, 0.1) is 25.2 Å². The quantitative estimate of drug-likeness (QED) is 0.448. The van der Waals surface area contributed by atoms with E-state index in [1.807, 2.05) is 26.0 Å². The molecule has 1 aromatic heterocycles.